The smallest absolute Gasteiger partial charge is 0.0949 e. The Balaban J connectivity index is 3.79. The van der Waals surface area contributed by atoms with Gasteiger partial charge >= 0.3 is 0 Å². The van der Waals surface area contributed by atoms with E-state index in [0.717, 1.165) is 0 Å². The lowest BCUT2D eigenvalue weighted by atomic mass is 9.82. The molecule has 2 heteroatoms. The van der Waals surface area contributed by atoms with Crippen molar-refractivity contribution in [2.24, 2.45) is 11.3 Å². The van der Waals surface area contributed by atoms with Crippen molar-refractivity contribution in [3.63, 3.8) is 0 Å². The van der Waals surface area contributed by atoms with Crippen molar-refractivity contribution in [1.29, 1.82) is 0 Å². The molecular weight excluding hydrogens is 119 g/mol. The summed E-state index contributed by atoms with van der Waals surface area (Å²) in [4.78, 5) is 0. The van der Waals surface area contributed by atoms with Crippen LogP contribution in [-0.2, 0) is 0 Å². The number of hydrogen-bond donors (Lipinski definition) is 1. The van der Waals surface area contributed by atoms with Crippen molar-refractivity contribution >= 4 is 0 Å². The molecule has 0 saturated carbocycles. The molecule has 1 atom stereocenters. The summed E-state index contributed by atoms with van der Waals surface area (Å²) >= 11 is 0. The highest BCUT2D eigenvalue weighted by Gasteiger charge is 2.23. The molecule has 0 heterocycles. The lowest BCUT2D eigenvalue weighted by Gasteiger charge is -2.25. The minimum Gasteiger partial charge on any atom is -0.396 e. The Kier molecular flexibility index (Phi) is 3.12. The van der Waals surface area contributed by atoms with Gasteiger partial charge in [-0.3, -0.25) is 4.39 Å². The third kappa shape index (κ3) is 2.80. The molecule has 0 amide bonds. The molecule has 1 nitrogen and oxygen atoms in total. The van der Waals surface area contributed by atoms with Crippen molar-refractivity contribution in [1.82, 2.24) is 0 Å². The van der Waals surface area contributed by atoms with E-state index in [2.05, 4.69) is 0 Å². The van der Waals surface area contributed by atoms with Crippen LogP contribution in [0.3, 0.4) is 0 Å². The lowest BCUT2D eigenvalue weighted by Crippen LogP contribution is -2.25. The monoisotopic (exact) mass is 134 g/mol. The second-order valence-electron chi connectivity index (χ2n) is 3.40. The summed E-state index contributed by atoms with van der Waals surface area (Å²) in [5, 5.41) is 8.62. The van der Waals surface area contributed by atoms with Crippen LogP contribution in [0, 0.1) is 11.3 Å². The van der Waals surface area contributed by atoms with Gasteiger partial charge in [-0.25, -0.2) is 0 Å². The van der Waals surface area contributed by atoms with Crippen LogP contribution < -0.4 is 0 Å². The zero-order valence-corrected chi connectivity index (χ0v) is 6.32. The van der Waals surface area contributed by atoms with Crippen LogP contribution in [0.15, 0.2) is 0 Å². The Bertz CT molecular complexity index is 71.5. The van der Waals surface area contributed by atoms with Gasteiger partial charge in [-0.2, -0.15) is 0 Å². The molecule has 0 spiro atoms. The minimum absolute atomic E-state index is 0.0556. The van der Waals surface area contributed by atoms with Crippen LogP contribution in [-0.4, -0.2) is 18.4 Å². The van der Waals surface area contributed by atoms with Crippen LogP contribution >= 0.6 is 0 Å². The van der Waals surface area contributed by atoms with E-state index in [1.165, 1.54) is 0 Å². The van der Waals surface area contributed by atoms with Gasteiger partial charge in [0.15, 0.2) is 0 Å². The number of alkyl halides is 1. The molecule has 0 aromatic carbocycles. The first-order valence-electron chi connectivity index (χ1n) is 3.19. The Labute approximate surface area is 55.9 Å². The normalized spacial score (nSPS) is 15.7. The Hall–Kier alpha value is -0.110. The molecule has 0 rings (SSSR count). The quantitative estimate of drug-likeness (QED) is 0.608. The molecule has 0 fully saturated rings. The van der Waals surface area contributed by atoms with Crippen LogP contribution in [0.1, 0.15) is 20.8 Å². The van der Waals surface area contributed by atoms with Crippen molar-refractivity contribution < 1.29 is 9.50 Å². The average Bonchev–Trinajstić information content (AvgIpc) is 1.65. The predicted molar refractivity (Wildman–Crippen MR) is 36.0 cm³/mol. The highest BCUT2D eigenvalue weighted by molar-refractivity contribution is 4.71. The van der Waals surface area contributed by atoms with Crippen molar-refractivity contribution in [3.8, 4) is 0 Å². The zero-order valence-electron chi connectivity index (χ0n) is 6.32. The highest BCUT2D eigenvalue weighted by Crippen LogP contribution is 2.25. The van der Waals surface area contributed by atoms with Crippen LogP contribution in [0.2, 0.25) is 0 Å². The molecule has 1 N–H and O–H groups in total. The SMILES string of the molecule is CC(C)(C)[C@@H](CO)CF. The van der Waals surface area contributed by atoms with Crippen molar-refractivity contribution in [2.45, 2.75) is 20.8 Å². The van der Waals surface area contributed by atoms with Gasteiger partial charge in [-0.15, -0.1) is 0 Å². The molecule has 0 aliphatic rings. The van der Waals surface area contributed by atoms with Crippen LogP contribution in [0.4, 0.5) is 4.39 Å². The molecule has 56 valence electrons. The van der Waals surface area contributed by atoms with Crippen LogP contribution in [0.25, 0.3) is 0 Å². The van der Waals surface area contributed by atoms with E-state index in [1.54, 1.807) is 0 Å². The number of halogens is 1. The van der Waals surface area contributed by atoms with Gasteiger partial charge in [0.2, 0.25) is 0 Å². The van der Waals surface area contributed by atoms with Crippen LogP contribution in [0.5, 0.6) is 0 Å². The van der Waals surface area contributed by atoms with Crippen molar-refractivity contribution in [3.05, 3.63) is 0 Å². The maximum absolute atomic E-state index is 12.0. The third-order valence-corrected chi connectivity index (χ3v) is 1.63. The van der Waals surface area contributed by atoms with Gasteiger partial charge in [0.25, 0.3) is 0 Å². The van der Waals surface area contributed by atoms with Gasteiger partial charge in [-0.05, 0) is 5.41 Å². The van der Waals surface area contributed by atoms with E-state index in [9.17, 15) is 4.39 Å². The number of aliphatic hydroxyl groups excluding tert-OH is 1. The van der Waals surface area contributed by atoms with Gasteiger partial charge < -0.3 is 5.11 Å². The average molecular weight is 134 g/mol. The first-order valence-corrected chi connectivity index (χ1v) is 3.19. The number of rotatable bonds is 2. The summed E-state index contributed by atoms with van der Waals surface area (Å²) in [6.07, 6.45) is 0. The van der Waals surface area contributed by atoms with E-state index in [-0.39, 0.29) is 17.9 Å². The first kappa shape index (κ1) is 8.89. The van der Waals surface area contributed by atoms with Gasteiger partial charge in [0.1, 0.15) is 0 Å². The molecule has 0 aromatic heterocycles. The highest BCUT2D eigenvalue weighted by atomic mass is 19.1. The fraction of sp³-hybridized carbons (Fsp3) is 1.00. The summed E-state index contributed by atoms with van der Waals surface area (Å²) in [7, 11) is 0. The van der Waals surface area contributed by atoms with E-state index in [1.807, 2.05) is 20.8 Å². The summed E-state index contributed by atoms with van der Waals surface area (Å²) in [5.41, 5.74) is -0.108. The second-order valence-corrected chi connectivity index (χ2v) is 3.40. The minimum atomic E-state index is -0.431. The summed E-state index contributed by atoms with van der Waals surface area (Å²) < 4.78 is 12.0. The van der Waals surface area contributed by atoms with E-state index < -0.39 is 6.67 Å². The maximum Gasteiger partial charge on any atom is 0.0949 e. The first-order chi connectivity index (χ1) is 4.02. The molecule has 0 saturated heterocycles. The summed E-state index contributed by atoms with van der Waals surface area (Å²) in [5.74, 6) is -0.211. The maximum atomic E-state index is 12.0. The molecule has 9 heavy (non-hydrogen) atoms. The molecule has 0 unspecified atom stereocenters. The zero-order chi connectivity index (χ0) is 7.49. The molecule has 0 radical (unpaired) electrons. The Morgan fingerprint density at radius 1 is 1.44 bits per heavy atom. The predicted octanol–water partition coefficient (Wildman–Crippen LogP) is 1.61. The molecular formula is C7H15FO. The summed E-state index contributed by atoms with van der Waals surface area (Å²) in [6, 6.07) is 0. The number of hydrogen-bond acceptors (Lipinski definition) is 1. The van der Waals surface area contributed by atoms with Gasteiger partial charge in [0, 0.05) is 12.5 Å². The van der Waals surface area contributed by atoms with Gasteiger partial charge in [0.05, 0.1) is 6.67 Å². The fourth-order valence-electron chi connectivity index (χ4n) is 0.554. The molecule has 0 aromatic rings. The summed E-state index contributed by atoms with van der Waals surface area (Å²) in [6.45, 7) is 5.29. The lowest BCUT2D eigenvalue weighted by molar-refractivity contribution is 0.106. The van der Waals surface area contributed by atoms with Gasteiger partial charge in [-0.1, -0.05) is 20.8 Å². The standard InChI is InChI=1S/C7H15FO/c1-7(2,3)6(4-8)5-9/h6,9H,4-5H2,1-3H3/t6-/m1/s1. The molecule has 0 aliphatic heterocycles. The van der Waals surface area contributed by atoms with E-state index >= 15 is 0 Å². The van der Waals surface area contributed by atoms with E-state index in [4.69, 9.17) is 5.11 Å². The third-order valence-electron chi connectivity index (χ3n) is 1.63. The second kappa shape index (κ2) is 3.16. The Morgan fingerprint density at radius 2 is 1.89 bits per heavy atom. The van der Waals surface area contributed by atoms with E-state index in [0.29, 0.717) is 0 Å². The number of aliphatic hydroxyl groups is 1. The molecule has 0 bridgehead atoms. The molecule has 0 aliphatic carbocycles. The Morgan fingerprint density at radius 3 is 1.89 bits per heavy atom. The fourth-order valence-corrected chi connectivity index (χ4v) is 0.554. The van der Waals surface area contributed by atoms with Crippen molar-refractivity contribution in [2.75, 3.05) is 13.3 Å². The topological polar surface area (TPSA) is 20.2 Å². The largest absolute Gasteiger partial charge is 0.396 e.